The lowest BCUT2D eigenvalue weighted by Gasteiger charge is -2.03. The summed E-state index contributed by atoms with van der Waals surface area (Å²) in [6, 6.07) is 14.8. The summed E-state index contributed by atoms with van der Waals surface area (Å²) >= 11 is 1.62. The number of thiazole rings is 1. The Morgan fingerprint density at radius 1 is 1.11 bits per heavy atom. The van der Waals surface area contributed by atoms with Crippen molar-refractivity contribution in [3.8, 4) is 11.5 Å². The number of benzene rings is 2. The lowest BCUT2D eigenvalue weighted by Crippen LogP contribution is -1.93. The number of hydrogen-bond donors (Lipinski definition) is 1. The number of aromatic hydroxyl groups is 1. The number of rotatable bonds is 3. The molecule has 0 fully saturated rings. The van der Waals surface area contributed by atoms with Crippen molar-refractivity contribution >= 4 is 21.6 Å². The van der Waals surface area contributed by atoms with E-state index in [1.165, 1.54) is 0 Å². The largest absolute Gasteiger partial charge is 0.508 e. The van der Waals surface area contributed by atoms with Gasteiger partial charge < -0.3 is 9.84 Å². The van der Waals surface area contributed by atoms with Crippen LogP contribution in [0.1, 0.15) is 5.01 Å². The molecule has 2 aromatic carbocycles. The van der Waals surface area contributed by atoms with Gasteiger partial charge in [-0.1, -0.05) is 18.2 Å². The highest BCUT2D eigenvalue weighted by Gasteiger charge is 2.04. The Bertz CT molecular complexity index is 645. The van der Waals surface area contributed by atoms with Gasteiger partial charge in [0.25, 0.3) is 0 Å². The molecule has 4 heteroatoms. The molecule has 3 rings (SSSR count). The zero-order valence-electron chi connectivity index (χ0n) is 9.54. The lowest BCUT2D eigenvalue weighted by atomic mass is 10.3. The molecule has 1 aromatic heterocycles. The molecule has 0 saturated carbocycles. The number of fused-ring (bicyclic) bond motifs is 1. The fourth-order valence-electron chi connectivity index (χ4n) is 1.70. The highest BCUT2D eigenvalue weighted by molar-refractivity contribution is 7.18. The molecular formula is C14H11NO2S. The molecule has 0 atom stereocenters. The Hall–Kier alpha value is -2.07. The summed E-state index contributed by atoms with van der Waals surface area (Å²) < 4.78 is 6.75. The van der Waals surface area contributed by atoms with Gasteiger partial charge in [-0.15, -0.1) is 11.3 Å². The standard InChI is InChI=1S/C14H11NO2S/c16-10-4-3-5-11(8-10)17-9-14-15-12-6-1-2-7-13(12)18-14/h1-8,16H,9H2. The summed E-state index contributed by atoms with van der Waals surface area (Å²) in [7, 11) is 0. The van der Waals surface area contributed by atoms with Crippen molar-refractivity contribution in [1.82, 2.24) is 4.98 Å². The molecule has 0 saturated heterocycles. The van der Waals surface area contributed by atoms with Crippen molar-refractivity contribution in [2.75, 3.05) is 0 Å². The second-order valence-corrected chi connectivity index (χ2v) is 4.98. The normalized spacial score (nSPS) is 10.7. The van der Waals surface area contributed by atoms with Gasteiger partial charge in [-0.2, -0.15) is 0 Å². The Morgan fingerprint density at radius 2 is 2.00 bits per heavy atom. The van der Waals surface area contributed by atoms with Crippen molar-refractivity contribution in [1.29, 1.82) is 0 Å². The Morgan fingerprint density at radius 3 is 2.83 bits per heavy atom. The zero-order chi connectivity index (χ0) is 12.4. The van der Waals surface area contributed by atoms with Crippen LogP contribution in [-0.4, -0.2) is 10.1 Å². The maximum atomic E-state index is 9.33. The first-order chi connectivity index (χ1) is 8.81. The fraction of sp³-hybridized carbons (Fsp3) is 0.0714. The molecule has 90 valence electrons. The second-order valence-electron chi connectivity index (χ2n) is 3.86. The molecule has 0 aliphatic carbocycles. The molecule has 0 aliphatic rings. The maximum Gasteiger partial charge on any atom is 0.140 e. The van der Waals surface area contributed by atoms with Crippen molar-refractivity contribution in [3.63, 3.8) is 0 Å². The van der Waals surface area contributed by atoms with Gasteiger partial charge in [0, 0.05) is 6.07 Å². The summed E-state index contributed by atoms with van der Waals surface area (Å²) in [5, 5.41) is 10.3. The van der Waals surface area contributed by atoms with E-state index < -0.39 is 0 Å². The Labute approximate surface area is 108 Å². The van der Waals surface area contributed by atoms with E-state index in [9.17, 15) is 5.11 Å². The van der Waals surface area contributed by atoms with E-state index in [0.29, 0.717) is 12.4 Å². The van der Waals surface area contributed by atoms with Gasteiger partial charge in [-0.05, 0) is 24.3 Å². The van der Waals surface area contributed by atoms with Gasteiger partial charge in [0.1, 0.15) is 23.1 Å². The molecule has 0 amide bonds. The van der Waals surface area contributed by atoms with Gasteiger partial charge >= 0.3 is 0 Å². The van der Waals surface area contributed by atoms with Gasteiger partial charge in [0.2, 0.25) is 0 Å². The minimum Gasteiger partial charge on any atom is -0.508 e. The number of ether oxygens (including phenoxy) is 1. The van der Waals surface area contributed by atoms with E-state index in [-0.39, 0.29) is 5.75 Å². The van der Waals surface area contributed by atoms with Crippen molar-refractivity contribution < 1.29 is 9.84 Å². The first kappa shape index (κ1) is 11.0. The minimum atomic E-state index is 0.205. The minimum absolute atomic E-state index is 0.205. The lowest BCUT2D eigenvalue weighted by molar-refractivity contribution is 0.304. The van der Waals surface area contributed by atoms with Crippen LogP contribution in [0.2, 0.25) is 0 Å². The topological polar surface area (TPSA) is 42.4 Å². The van der Waals surface area contributed by atoms with E-state index >= 15 is 0 Å². The third-order valence-electron chi connectivity index (χ3n) is 2.52. The fourth-order valence-corrected chi connectivity index (χ4v) is 2.58. The highest BCUT2D eigenvalue weighted by atomic mass is 32.1. The Kier molecular flexibility index (Phi) is 2.86. The smallest absolute Gasteiger partial charge is 0.140 e. The summed E-state index contributed by atoms with van der Waals surface area (Å²) in [5.41, 5.74) is 0.997. The third-order valence-corrected chi connectivity index (χ3v) is 3.53. The molecule has 0 radical (unpaired) electrons. The molecule has 0 bridgehead atoms. The molecule has 0 spiro atoms. The van der Waals surface area contributed by atoms with Crippen molar-refractivity contribution in [3.05, 3.63) is 53.5 Å². The van der Waals surface area contributed by atoms with Crippen LogP contribution in [0.4, 0.5) is 0 Å². The van der Waals surface area contributed by atoms with Crippen molar-refractivity contribution in [2.24, 2.45) is 0 Å². The molecular weight excluding hydrogens is 246 g/mol. The molecule has 1 heterocycles. The van der Waals surface area contributed by atoms with Crippen LogP contribution in [0.15, 0.2) is 48.5 Å². The number of nitrogens with zero attached hydrogens (tertiary/aromatic N) is 1. The van der Waals surface area contributed by atoms with E-state index in [1.54, 1.807) is 29.5 Å². The van der Waals surface area contributed by atoms with Gasteiger partial charge in [0.05, 0.1) is 10.2 Å². The number of para-hydroxylation sites is 1. The van der Waals surface area contributed by atoms with Gasteiger partial charge in [-0.3, -0.25) is 0 Å². The van der Waals surface area contributed by atoms with E-state index in [1.807, 2.05) is 30.3 Å². The monoisotopic (exact) mass is 257 g/mol. The zero-order valence-corrected chi connectivity index (χ0v) is 10.4. The Balaban J connectivity index is 1.76. The van der Waals surface area contributed by atoms with Crippen LogP contribution in [0.25, 0.3) is 10.2 Å². The maximum absolute atomic E-state index is 9.33. The quantitative estimate of drug-likeness (QED) is 0.779. The number of aromatic nitrogens is 1. The highest BCUT2D eigenvalue weighted by Crippen LogP contribution is 2.24. The number of phenols is 1. The first-order valence-corrected chi connectivity index (χ1v) is 6.39. The van der Waals surface area contributed by atoms with E-state index in [2.05, 4.69) is 4.98 Å². The SMILES string of the molecule is Oc1cccc(OCc2nc3ccccc3s2)c1. The van der Waals surface area contributed by atoms with E-state index in [4.69, 9.17) is 4.74 Å². The molecule has 0 aliphatic heterocycles. The molecule has 3 aromatic rings. The molecule has 3 nitrogen and oxygen atoms in total. The van der Waals surface area contributed by atoms with E-state index in [0.717, 1.165) is 15.2 Å². The van der Waals surface area contributed by atoms with Gasteiger partial charge in [0.15, 0.2) is 0 Å². The average molecular weight is 257 g/mol. The molecule has 18 heavy (non-hydrogen) atoms. The molecule has 0 unspecified atom stereocenters. The number of phenolic OH excluding ortho intramolecular Hbond substituents is 1. The predicted molar refractivity (Wildman–Crippen MR) is 72.1 cm³/mol. The summed E-state index contributed by atoms with van der Waals surface area (Å²) in [4.78, 5) is 4.48. The van der Waals surface area contributed by atoms with Crippen LogP contribution in [-0.2, 0) is 6.61 Å². The second kappa shape index (κ2) is 4.66. The predicted octanol–water partition coefficient (Wildman–Crippen LogP) is 3.58. The van der Waals surface area contributed by atoms with Crippen LogP contribution in [0.5, 0.6) is 11.5 Å². The summed E-state index contributed by atoms with van der Waals surface area (Å²) in [6.45, 7) is 0.419. The van der Waals surface area contributed by atoms with Gasteiger partial charge in [-0.25, -0.2) is 4.98 Å². The summed E-state index contributed by atoms with van der Waals surface area (Å²) in [6.07, 6.45) is 0. The third kappa shape index (κ3) is 2.28. The van der Waals surface area contributed by atoms with Crippen molar-refractivity contribution in [2.45, 2.75) is 6.61 Å². The van der Waals surface area contributed by atoms with Crippen LogP contribution in [0, 0.1) is 0 Å². The van der Waals surface area contributed by atoms with Crippen LogP contribution < -0.4 is 4.74 Å². The van der Waals surface area contributed by atoms with Crippen LogP contribution in [0.3, 0.4) is 0 Å². The number of hydrogen-bond acceptors (Lipinski definition) is 4. The summed E-state index contributed by atoms with van der Waals surface area (Å²) in [5.74, 6) is 0.853. The average Bonchev–Trinajstić information content (AvgIpc) is 2.79. The van der Waals surface area contributed by atoms with Crippen LogP contribution >= 0.6 is 11.3 Å². The molecule has 1 N–H and O–H groups in total. The first-order valence-electron chi connectivity index (χ1n) is 5.57.